The zero-order valence-corrected chi connectivity index (χ0v) is 10.6. The van der Waals surface area contributed by atoms with Crippen LogP contribution in [0.25, 0.3) is 0 Å². The second-order valence-corrected chi connectivity index (χ2v) is 4.93. The lowest BCUT2D eigenvalue weighted by molar-refractivity contribution is 0.407. The lowest BCUT2D eigenvalue weighted by Gasteiger charge is -2.19. The molecule has 1 saturated carbocycles. The van der Waals surface area contributed by atoms with Gasteiger partial charge in [-0.05, 0) is 61.8 Å². The molecule has 88 valence electrons. The van der Waals surface area contributed by atoms with Gasteiger partial charge in [0.25, 0.3) is 0 Å². The van der Waals surface area contributed by atoms with E-state index in [1.165, 1.54) is 35.1 Å². The fraction of sp³-hybridized carbons (Fsp3) is 0.571. The van der Waals surface area contributed by atoms with Crippen LogP contribution in [0.5, 0.6) is 5.75 Å². The smallest absolute Gasteiger partial charge is 0.124 e. The first-order chi connectivity index (χ1) is 7.56. The molecule has 2 heteroatoms. The number of methoxy groups -OCH3 is 1. The van der Waals surface area contributed by atoms with Crippen molar-refractivity contribution in [1.82, 2.24) is 0 Å². The Hall–Kier alpha value is -1.02. The van der Waals surface area contributed by atoms with Gasteiger partial charge < -0.3 is 10.5 Å². The van der Waals surface area contributed by atoms with Gasteiger partial charge in [0.1, 0.15) is 5.75 Å². The summed E-state index contributed by atoms with van der Waals surface area (Å²) < 4.78 is 5.43. The molecule has 0 heterocycles. The maximum Gasteiger partial charge on any atom is 0.124 e. The third kappa shape index (κ3) is 1.82. The first-order valence-electron chi connectivity index (χ1n) is 5.96. The van der Waals surface area contributed by atoms with Gasteiger partial charge in [0, 0.05) is 6.04 Å². The molecule has 1 aliphatic rings. The molecule has 1 fully saturated rings. The van der Waals surface area contributed by atoms with Crippen LogP contribution in [-0.4, -0.2) is 7.11 Å². The Bertz CT molecular complexity index is 408. The molecule has 0 bridgehead atoms. The molecule has 0 amide bonds. The van der Waals surface area contributed by atoms with Crippen molar-refractivity contribution < 1.29 is 4.74 Å². The quantitative estimate of drug-likeness (QED) is 0.848. The predicted molar refractivity (Wildman–Crippen MR) is 66.9 cm³/mol. The van der Waals surface area contributed by atoms with Crippen LogP contribution in [0.3, 0.4) is 0 Å². The zero-order chi connectivity index (χ0) is 11.9. The molecule has 0 aromatic heterocycles. The highest BCUT2D eigenvalue weighted by molar-refractivity contribution is 5.50. The molecule has 0 saturated heterocycles. The molecule has 0 spiro atoms. The highest BCUT2D eigenvalue weighted by atomic mass is 16.5. The minimum Gasteiger partial charge on any atom is -0.496 e. The Morgan fingerprint density at radius 1 is 1.25 bits per heavy atom. The summed E-state index contributed by atoms with van der Waals surface area (Å²) in [5.41, 5.74) is 11.3. The van der Waals surface area contributed by atoms with Crippen LogP contribution in [0.15, 0.2) is 6.07 Å². The summed E-state index contributed by atoms with van der Waals surface area (Å²) in [4.78, 5) is 0. The maximum atomic E-state index is 6.29. The monoisotopic (exact) mass is 219 g/mol. The number of aryl methyl sites for hydroxylation is 1. The molecular formula is C14H21NO. The van der Waals surface area contributed by atoms with E-state index in [4.69, 9.17) is 10.5 Å². The van der Waals surface area contributed by atoms with Gasteiger partial charge in [0.2, 0.25) is 0 Å². The van der Waals surface area contributed by atoms with Crippen molar-refractivity contribution in [2.45, 2.75) is 39.7 Å². The van der Waals surface area contributed by atoms with E-state index in [9.17, 15) is 0 Å². The molecule has 2 rings (SSSR count). The standard InChI is InChI=1S/C14H21NO/c1-8-7-12(13(15)11-5-6-11)9(2)10(3)14(8)16-4/h7,11,13H,5-6,15H2,1-4H3. The summed E-state index contributed by atoms with van der Waals surface area (Å²) >= 11 is 0. The third-order valence-electron chi connectivity index (χ3n) is 3.76. The van der Waals surface area contributed by atoms with Gasteiger partial charge in [0.15, 0.2) is 0 Å². The molecule has 16 heavy (non-hydrogen) atoms. The molecule has 2 N–H and O–H groups in total. The lowest BCUT2D eigenvalue weighted by atomic mass is 9.92. The van der Waals surface area contributed by atoms with Crippen molar-refractivity contribution in [1.29, 1.82) is 0 Å². The number of benzene rings is 1. The summed E-state index contributed by atoms with van der Waals surface area (Å²) in [7, 11) is 1.73. The topological polar surface area (TPSA) is 35.2 Å². The van der Waals surface area contributed by atoms with E-state index in [1.807, 2.05) is 0 Å². The van der Waals surface area contributed by atoms with E-state index in [0.717, 1.165) is 5.75 Å². The molecular weight excluding hydrogens is 198 g/mol. The Balaban J connectivity index is 2.46. The van der Waals surface area contributed by atoms with Crippen molar-refractivity contribution in [3.05, 3.63) is 28.3 Å². The summed E-state index contributed by atoms with van der Waals surface area (Å²) in [6.07, 6.45) is 2.56. The van der Waals surface area contributed by atoms with Crippen molar-refractivity contribution in [2.24, 2.45) is 11.7 Å². The number of rotatable bonds is 3. The average Bonchev–Trinajstić information content (AvgIpc) is 3.07. The normalized spacial score (nSPS) is 17.3. The summed E-state index contributed by atoms with van der Waals surface area (Å²) in [6, 6.07) is 2.41. The first kappa shape index (κ1) is 11.5. The van der Waals surface area contributed by atoms with E-state index >= 15 is 0 Å². The minimum absolute atomic E-state index is 0.211. The van der Waals surface area contributed by atoms with Crippen LogP contribution in [0.2, 0.25) is 0 Å². The van der Waals surface area contributed by atoms with Crippen LogP contribution >= 0.6 is 0 Å². The van der Waals surface area contributed by atoms with Gasteiger partial charge in [-0.3, -0.25) is 0 Å². The third-order valence-corrected chi connectivity index (χ3v) is 3.76. The number of hydrogen-bond acceptors (Lipinski definition) is 2. The van der Waals surface area contributed by atoms with Gasteiger partial charge in [-0.2, -0.15) is 0 Å². The molecule has 1 unspecified atom stereocenters. The van der Waals surface area contributed by atoms with Gasteiger partial charge in [-0.25, -0.2) is 0 Å². The second kappa shape index (κ2) is 4.10. The number of nitrogens with two attached hydrogens (primary N) is 1. The summed E-state index contributed by atoms with van der Waals surface area (Å²) in [5, 5.41) is 0. The van der Waals surface area contributed by atoms with Crippen LogP contribution < -0.4 is 10.5 Å². The van der Waals surface area contributed by atoms with Crippen LogP contribution in [0.1, 0.15) is 41.1 Å². The van der Waals surface area contributed by atoms with E-state index in [1.54, 1.807) is 7.11 Å². The molecule has 1 aromatic carbocycles. The van der Waals surface area contributed by atoms with E-state index in [0.29, 0.717) is 5.92 Å². The Morgan fingerprint density at radius 3 is 2.38 bits per heavy atom. The fourth-order valence-electron chi connectivity index (χ4n) is 2.46. The Kier molecular flexibility index (Phi) is 2.94. The van der Waals surface area contributed by atoms with E-state index < -0.39 is 0 Å². The molecule has 1 atom stereocenters. The molecule has 1 aliphatic carbocycles. The van der Waals surface area contributed by atoms with Crippen LogP contribution in [0.4, 0.5) is 0 Å². The lowest BCUT2D eigenvalue weighted by Crippen LogP contribution is -2.15. The van der Waals surface area contributed by atoms with Gasteiger partial charge in [-0.15, -0.1) is 0 Å². The molecule has 1 aromatic rings. The van der Waals surface area contributed by atoms with Gasteiger partial charge in [-0.1, -0.05) is 6.07 Å². The first-order valence-corrected chi connectivity index (χ1v) is 5.96. The SMILES string of the molecule is COc1c(C)cc(C(N)C2CC2)c(C)c1C. The summed E-state index contributed by atoms with van der Waals surface area (Å²) in [5.74, 6) is 1.70. The fourth-order valence-corrected chi connectivity index (χ4v) is 2.46. The minimum atomic E-state index is 0.211. The molecule has 2 nitrogen and oxygen atoms in total. The molecule has 0 aliphatic heterocycles. The van der Waals surface area contributed by atoms with Gasteiger partial charge in [0.05, 0.1) is 7.11 Å². The maximum absolute atomic E-state index is 6.29. The Labute approximate surface area is 97.8 Å². The van der Waals surface area contributed by atoms with Crippen molar-refractivity contribution in [2.75, 3.05) is 7.11 Å². The Morgan fingerprint density at radius 2 is 1.88 bits per heavy atom. The average molecular weight is 219 g/mol. The largest absolute Gasteiger partial charge is 0.496 e. The van der Waals surface area contributed by atoms with Crippen molar-refractivity contribution in [3.63, 3.8) is 0 Å². The number of ether oxygens (including phenoxy) is 1. The second-order valence-electron chi connectivity index (χ2n) is 4.93. The highest BCUT2D eigenvalue weighted by Gasteiger charge is 2.31. The predicted octanol–water partition coefficient (Wildman–Crippen LogP) is 3.03. The van der Waals surface area contributed by atoms with Crippen LogP contribution in [-0.2, 0) is 0 Å². The van der Waals surface area contributed by atoms with Gasteiger partial charge >= 0.3 is 0 Å². The summed E-state index contributed by atoms with van der Waals surface area (Å²) in [6.45, 7) is 6.35. The highest BCUT2D eigenvalue weighted by Crippen LogP contribution is 2.42. The van der Waals surface area contributed by atoms with Crippen molar-refractivity contribution in [3.8, 4) is 5.75 Å². The van der Waals surface area contributed by atoms with E-state index in [2.05, 4.69) is 26.8 Å². The number of hydrogen-bond donors (Lipinski definition) is 1. The van der Waals surface area contributed by atoms with Crippen molar-refractivity contribution >= 4 is 0 Å². The molecule has 0 radical (unpaired) electrons. The van der Waals surface area contributed by atoms with Crippen LogP contribution in [0, 0.1) is 26.7 Å². The van der Waals surface area contributed by atoms with E-state index in [-0.39, 0.29) is 6.04 Å². The zero-order valence-electron chi connectivity index (χ0n) is 10.6.